The number of piperidine rings is 3. The van der Waals surface area contributed by atoms with E-state index in [0.29, 0.717) is 41.9 Å². The Bertz CT molecular complexity index is 2050. The predicted molar refractivity (Wildman–Crippen MR) is 215 cm³/mol. The normalized spacial score (nSPS) is 26.9. The highest BCUT2D eigenvalue weighted by molar-refractivity contribution is 6.31. The number of aliphatic hydroxyl groups is 1. The number of ether oxygens (including phenoxy) is 2. The number of pyridine rings is 1. The van der Waals surface area contributed by atoms with Crippen molar-refractivity contribution in [3.63, 3.8) is 0 Å². The van der Waals surface area contributed by atoms with Crippen LogP contribution in [0.2, 0.25) is 0 Å². The number of carbonyl (C=O) groups is 2. The number of phenolic OH excluding ortho intramolecular Hbond substituents is 1. The first-order chi connectivity index (χ1) is 27.0. The SMILES string of the molecule is CCCC(c1cccc(C2(C(=O)O[C@H]3CN4CCC3CC4)CCCCC2)c1)C1(CNC[C@H](O)c2ccc(O)c3[nH]c(=O)ccc23)C=C(Cl)C(C(=O)O)C=C1OC. The number of carboxylic acids is 1. The number of fused-ring (bicyclic) bond motifs is 4. The zero-order valence-electron chi connectivity index (χ0n) is 32.3. The Hall–Kier alpha value is -4.16. The maximum Gasteiger partial charge on any atom is 0.316 e. The van der Waals surface area contributed by atoms with Gasteiger partial charge in [0.15, 0.2) is 0 Å². The smallest absolute Gasteiger partial charge is 0.316 e. The molecule has 2 aromatic carbocycles. The number of nitrogens with one attached hydrogen (secondary N) is 2. The van der Waals surface area contributed by atoms with E-state index in [4.69, 9.17) is 21.1 Å². The van der Waals surface area contributed by atoms with E-state index in [1.807, 2.05) is 6.07 Å². The first-order valence-corrected chi connectivity index (χ1v) is 20.5. The van der Waals surface area contributed by atoms with Crippen LogP contribution in [0.1, 0.15) is 93.4 Å². The molecule has 3 aromatic rings. The second-order valence-corrected chi connectivity index (χ2v) is 16.7. The molecule has 0 amide bonds. The predicted octanol–water partition coefficient (Wildman–Crippen LogP) is 6.63. The van der Waals surface area contributed by atoms with Crippen molar-refractivity contribution >= 4 is 34.4 Å². The summed E-state index contributed by atoms with van der Waals surface area (Å²) >= 11 is 6.87. The van der Waals surface area contributed by atoms with Crippen LogP contribution in [0.3, 0.4) is 0 Å². The standard InChI is InChI=1S/C44H54ClN3O8/c1-3-8-33(28-9-7-10-29(21-28)43(17-5-4-6-18-43)42(54)56-37-25-48-19-15-27(37)16-20-48)44(23-34(45)32(41(52)53)22-38(44)55-2)26-46-24-36(50)30-11-13-35(49)40-31(30)12-14-39(51)47-40/h7,9-14,21-23,27,32-33,36-37,46,49-50H,3-6,8,15-20,24-26H2,1-2H3,(H,47,51)(H,52,53)/t32?,33?,36-,37-,44?/m0/s1. The number of benzene rings is 2. The molecule has 5 atom stereocenters. The van der Waals surface area contributed by atoms with Gasteiger partial charge in [0.2, 0.25) is 5.56 Å². The summed E-state index contributed by atoms with van der Waals surface area (Å²) in [6, 6.07) is 14.3. The van der Waals surface area contributed by atoms with E-state index >= 15 is 0 Å². The van der Waals surface area contributed by atoms with Crippen molar-refractivity contribution in [1.82, 2.24) is 15.2 Å². The van der Waals surface area contributed by atoms with Crippen LogP contribution >= 0.6 is 11.6 Å². The lowest BCUT2D eigenvalue weighted by Crippen LogP contribution is -2.53. The molecule has 5 N–H and O–H groups in total. The number of hydrogen-bond acceptors (Lipinski definition) is 9. The molecule has 2 bridgehead atoms. The molecule has 3 saturated heterocycles. The first-order valence-electron chi connectivity index (χ1n) is 20.1. The van der Waals surface area contributed by atoms with Gasteiger partial charge in [0.25, 0.3) is 0 Å². The number of esters is 1. The molecule has 11 nitrogen and oxygen atoms in total. The molecule has 3 unspecified atom stereocenters. The van der Waals surface area contributed by atoms with Crippen LogP contribution in [0.5, 0.6) is 5.75 Å². The largest absolute Gasteiger partial charge is 0.506 e. The van der Waals surface area contributed by atoms with Crippen molar-refractivity contribution in [1.29, 1.82) is 0 Å². The number of aliphatic hydroxyl groups excluding tert-OH is 1. The average molecular weight is 788 g/mol. The number of methoxy groups -OCH3 is 1. The maximum atomic E-state index is 14.5. The number of aromatic amines is 1. The van der Waals surface area contributed by atoms with E-state index in [9.17, 15) is 29.7 Å². The molecule has 8 rings (SSSR count). The minimum absolute atomic E-state index is 0.0823. The summed E-state index contributed by atoms with van der Waals surface area (Å²) in [5, 5.41) is 36.1. The molecule has 12 heteroatoms. The van der Waals surface area contributed by atoms with Gasteiger partial charge in [-0.15, -0.1) is 0 Å². The van der Waals surface area contributed by atoms with Gasteiger partial charge in [-0.2, -0.15) is 0 Å². The van der Waals surface area contributed by atoms with Gasteiger partial charge in [0.1, 0.15) is 23.5 Å². The van der Waals surface area contributed by atoms with Crippen molar-refractivity contribution < 1.29 is 34.4 Å². The first kappa shape index (κ1) is 40.1. The summed E-state index contributed by atoms with van der Waals surface area (Å²) in [5.74, 6) is -1.83. The molecule has 1 aromatic heterocycles. The third-order valence-electron chi connectivity index (χ3n) is 13.0. The molecular formula is C44H54ClN3O8. The minimum Gasteiger partial charge on any atom is -0.506 e. The second kappa shape index (κ2) is 16.7. The number of phenols is 1. The Balaban J connectivity index is 1.24. The summed E-state index contributed by atoms with van der Waals surface area (Å²) in [6.07, 6.45) is 10.2. The van der Waals surface area contributed by atoms with Gasteiger partial charge < -0.3 is 35.1 Å². The number of carbonyl (C=O) groups excluding carboxylic acids is 1. The molecule has 5 aliphatic rings. The van der Waals surface area contributed by atoms with E-state index in [-0.39, 0.29) is 52.9 Å². The van der Waals surface area contributed by atoms with Crippen molar-refractivity contribution in [2.75, 3.05) is 39.8 Å². The van der Waals surface area contributed by atoms with E-state index < -0.39 is 28.8 Å². The van der Waals surface area contributed by atoms with Crippen LogP contribution in [0.25, 0.3) is 10.9 Å². The number of aliphatic carboxylic acids is 1. The fraction of sp³-hybridized carbons (Fsp3) is 0.523. The Kier molecular flexibility index (Phi) is 12.0. The van der Waals surface area contributed by atoms with Gasteiger partial charge in [0, 0.05) is 42.0 Å². The van der Waals surface area contributed by atoms with Crippen molar-refractivity contribution in [3.05, 3.63) is 98.5 Å². The van der Waals surface area contributed by atoms with Gasteiger partial charge in [-0.25, -0.2) is 0 Å². The highest BCUT2D eigenvalue weighted by Crippen LogP contribution is 2.52. The van der Waals surface area contributed by atoms with Gasteiger partial charge in [0.05, 0.1) is 29.6 Å². The lowest BCUT2D eigenvalue weighted by molar-refractivity contribution is -0.167. The van der Waals surface area contributed by atoms with Crippen LogP contribution in [-0.2, 0) is 24.5 Å². The lowest BCUT2D eigenvalue weighted by Gasteiger charge is -2.46. The molecule has 2 aliphatic carbocycles. The number of rotatable bonds is 14. The molecule has 56 heavy (non-hydrogen) atoms. The van der Waals surface area contributed by atoms with Crippen LogP contribution in [0.4, 0.5) is 0 Å². The summed E-state index contributed by atoms with van der Waals surface area (Å²) in [6.45, 7) is 5.34. The van der Waals surface area contributed by atoms with Gasteiger partial charge in [-0.1, -0.05) is 80.6 Å². The second-order valence-electron chi connectivity index (χ2n) is 16.2. The Morgan fingerprint density at radius 2 is 1.86 bits per heavy atom. The van der Waals surface area contributed by atoms with Crippen LogP contribution in [-0.4, -0.2) is 83.1 Å². The summed E-state index contributed by atoms with van der Waals surface area (Å²) in [5.41, 5.74) is 0.548. The fourth-order valence-corrected chi connectivity index (χ4v) is 10.3. The zero-order valence-corrected chi connectivity index (χ0v) is 33.0. The van der Waals surface area contributed by atoms with Crippen molar-refractivity contribution in [3.8, 4) is 5.75 Å². The van der Waals surface area contributed by atoms with Crippen LogP contribution in [0, 0.1) is 17.3 Å². The summed E-state index contributed by atoms with van der Waals surface area (Å²) in [4.78, 5) is 43.9. The number of aromatic hydroxyl groups is 1. The number of H-pyrrole nitrogens is 1. The van der Waals surface area contributed by atoms with Crippen LogP contribution < -0.4 is 10.9 Å². The lowest BCUT2D eigenvalue weighted by atomic mass is 9.64. The van der Waals surface area contributed by atoms with E-state index in [1.165, 1.54) is 19.2 Å². The number of halogens is 1. The van der Waals surface area contributed by atoms with Gasteiger partial charge in [-0.05, 0) is 86.0 Å². The number of aromatic nitrogens is 1. The average Bonchev–Trinajstić information content (AvgIpc) is 3.20. The quantitative estimate of drug-likeness (QED) is 0.112. The van der Waals surface area contributed by atoms with Crippen molar-refractivity contribution in [2.24, 2.45) is 17.3 Å². The zero-order chi connectivity index (χ0) is 39.6. The highest BCUT2D eigenvalue weighted by atomic mass is 35.5. The maximum absolute atomic E-state index is 14.5. The Morgan fingerprint density at radius 3 is 2.54 bits per heavy atom. The Morgan fingerprint density at radius 1 is 1.09 bits per heavy atom. The molecule has 0 radical (unpaired) electrons. The third kappa shape index (κ3) is 7.63. The highest BCUT2D eigenvalue weighted by Gasteiger charge is 2.49. The Labute approximate surface area is 332 Å². The number of nitrogens with zero attached hydrogens (tertiary/aromatic N) is 1. The van der Waals surface area contributed by atoms with E-state index in [2.05, 4.69) is 40.3 Å². The fourth-order valence-electron chi connectivity index (χ4n) is 9.97. The molecular weight excluding hydrogens is 734 g/mol. The van der Waals surface area contributed by atoms with Gasteiger partial charge >= 0.3 is 11.9 Å². The molecule has 4 fully saturated rings. The number of carboxylic acid groups (broad SMARTS) is 1. The molecule has 4 heterocycles. The molecule has 300 valence electrons. The van der Waals surface area contributed by atoms with Crippen LogP contribution in [0.15, 0.2) is 76.3 Å². The van der Waals surface area contributed by atoms with Crippen molar-refractivity contribution in [2.45, 2.75) is 88.3 Å². The monoisotopic (exact) mass is 787 g/mol. The van der Waals surface area contributed by atoms with E-state index in [1.54, 1.807) is 24.3 Å². The minimum atomic E-state index is -1.09. The van der Waals surface area contributed by atoms with E-state index in [0.717, 1.165) is 69.3 Å². The number of hydrogen-bond donors (Lipinski definition) is 5. The molecule has 3 aliphatic heterocycles. The topological polar surface area (TPSA) is 161 Å². The van der Waals surface area contributed by atoms with Gasteiger partial charge in [-0.3, -0.25) is 19.3 Å². The summed E-state index contributed by atoms with van der Waals surface area (Å²) < 4.78 is 12.6. The molecule has 0 spiro atoms. The summed E-state index contributed by atoms with van der Waals surface area (Å²) in [7, 11) is 1.53. The third-order valence-corrected chi connectivity index (χ3v) is 13.3. The molecule has 1 saturated carbocycles.